The lowest BCUT2D eigenvalue weighted by atomic mass is 9.98. The highest BCUT2D eigenvalue weighted by molar-refractivity contribution is 5.87. The van der Waals surface area contributed by atoms with Crippen molar-refractivity contribution in [3.8, 4) is 5.75 Å². The van der Waals surface area contributed by atoms with Crippen molar-refractivity contribution in [1.29, 1.82) is 0 Å². The van der Waals surface area contributed by atoms with Gasteiger partial charge in [-0.15, -0.1) is 0 Å². The average Bonchev–Trinajstić information content (AvgIpc) is 2.41. The Morgan fingerprint density at radius 3 is 2.74 bits per heavy atom. The SMILES string of the molecule is CC(N)Cc1c(OCCCF)ccc2ccccc12. The fraction of sp³-hybridized carbons (Fsp3) is 0.375. The van der Waals surface area contributed by atoms with Crippen LogP contribution < -0.4 is 10.5 Å². The second kappa shape index (κ2) is 6.53. The van der Waals surface area contributed by atoms with Gasteiger partial charge in [0.2, 0.25) is 0 Å². The van der Waals surface area contributed by atoms with Gasteiger partial charge in [0.15, 0.2) is 0 Å². The van der Waals surface area contributed by atoms with Crippen LogP contribution in [0.4, 0.5) is 4.39 Å². The normalized spacial score (nSPS) is 12.6. The Labute approximate surface area is 113 Å². The summed E-state index contributed by atoms with van der Waals surface area (Å²) in [7, 11) is 0. The third-order valence-electron chi connectivity index (χ3n) is 3.06. The van der Waals surface area contributed by atoms with Crippen LogP contribution in [0.2, 0.25) is 0 Å². The minimum atomic E-state index is -0.351. The van der Waals surface area contributed by atoms with Gasteiger partial charge in [-0.1, -0.05) is 30.3 Å². The lowest BCUT2D eigenvalue weighted by Crippen LogP contribution is -2.18. The number of rotatable bonds is 6. The number of ether oxygens (including phenoxy) is 1. The summed E-state index contributed by atoms with van der Waals surface area (Å²) in [6.07, 6.45) is 1.18. The van der Waals surface area contributed by atoms with Crippen molar-refractivity contribution < 1.29 is 9.13 Å². The van der Waals surface area contributed by atoms with Crippen LogP contribution in [-0.4, -0.2) is 19.3 Å². The molecule has 0 amide bonds. The van der Waals surface area contributed by atoms with E-state index < -0.39 is 0 Å². The fourth-order valence-corrected chi connectivity index (χ4v) is 2.22. The summed E-state index contributed by atoms with van der Waals surface area (Å²) in [6, 6.07) is 12.2. The van der Waals surface area contributed by atoms with Crippen LogP contribution in [0.25, 0.3) is 10.8 Å². The van der Waals surface area contributed by atoms with Crippen LogP contribution >= 0.6 is 0 Å². The van der Waals surface area contributed by atoms with Crippen LogP contribution in [-0.2, 0) is 6.42 Å². The smallest absolute Gasteiger partial charge is 0.123 e. The summed E-state index contributed by atoms with van der Waals surface area (Å²) >= 11 is 0. The molecule has 0 bridgehead atoms. The van der Waals surface area contributed by atoms with Crippen molar-refractivity contribution in [1.82, 2.24) is 0 Å². The number of benzene rings is 2. The van der Waals surface area contributed by atoms with Crippen molar-refractivity contribution in [2.45, 2.75) is 25.8 Å². The number of fused-ring (bicyclic) bond motifs is 1. The van der Waals surface area contributed by atoms with Crippen LogP contribution in [0.15, 0.2) is 36.4 Å². The van der Waals surface area contributed by atoms with Gasteiger partial charge in [-0.05, 0) is 30.2 Å². The molecule has 0 saturated carbocycles. The molecular weight excluding hydrogens is 241 g/mol. The van der Waals surface area contributed by atoms with E-state index in [0.717, 1.165) is 23.1 Å². The number of hydrogen-bond donors (Lipinski definition) is 1. The molecule has 0 spiro atoms. The minimum absolute atomic E-state index is 0.0642. The third kappa shape index (κ3) is 3.44. The molecule has 0 heterocycles. The largest absolute Gasteiger partial charge is 0.493 e. The Hall–Kier alpha value is -1.61. The van der Waals surface area contributed by atoms with Crippen molar-refractivity contribution in [2.75, 3.05) is 13.3 Å². The van der Waals surface area contributed by atoms with E-state index in [0.29, 0.717) is 13.0 Å². The van der Waals surface area contributed by atoms with E-state index in [2.05, 4.69) is 12.1 Å². The standard InChI is InChI=1S/C16H20FNO/c1-12(18)11-15-14-6-3-2-5-13(14)7-8-16(15)19-10-4-9-17/h2-3,5-8,12H,4,9-11,18H2,1H3. The molecule has 0 aromatic heterocycles. The van der Waals surface area contributed by atoms with Crippen molar-refractivity contribution in [3.05, 3.63) is 42.0 Å². The predicted molar refractivity (Wildman–Crippen MR) is 77.4 cm³/mol. The first-order chi connectivity index (χ1) is 9.22. The molecule has 2 aromatic rings. The molecule has 0 saturated heterocycles. The number of hydrogen-bond acceptors (Lipinski definition) is 2. The maximum atomic E-state index is 12.2. The first-order valence-electron chi connectivity index (χ1n) is 6.67. The van der Waals surface area contributed by atoms with Gasteiger partial charge in [0, 0.05) is 18.0 Å². The van der Waals surface area contributed by atoms with E-state index in [-0.39, 0.29) is 12.7 Å². The summed E-state index contributed by atoms with van der Waals surface area (Å²) < 4.78 is 17.9. The van der Waals surface area contributed by atoms with Gasteiger partial charge in [0.25, 0.3) is 0 Å². The van der Waals surface area contributed by atoms with Crippen LogP contribution in [0.1, 0.15) is 18.9 Å². The lowest BCUT2D eigenvalue weighted by Gasteiger charge is -2.15. The molecule has 2 nitrogen and oxygen atoms in total. The van der Waals surface area contributed by atoms with Crippen LogP contribution in [0.3, 0.4) is 0 Å². The van der Waals surface area contributed by atoms with E-state index in [1.807, 2.05) is 31.2 Å². The van der Waals surface area contributed by atoms with E-state index in [4.69, 9.17) is 10.5 Å². The third-order valence-corrected chi connectivity index (χ3v) is 3.06. The zero-order chi connectivity index (χ0) is 13.7. The van der Waals surface area contributed by atoms with Crippen molar-refractivity contribution in [2.24, 2.45) is 5.73 Å². The number of nitrogens with two attached hydrogens (primary N) is 1. The molecule has 0 fully saturated rings. The number of alkyl halides is 1. The monoisotopic (exact) mass is 261 g/mol. The van der Waals surface area contributed by atoms with Crippen LogP contribution in [0.5, 0.6) is 5.75 Å². The second-order valence-corrected chi connectivity index (χ2v) is 4.84. The molecule has 0 aliphatic carbocycles. The van der Waals surface area contributed by atoms with Gasteiger partial charge in [-0.25, -0.2) is 0 Å². The van der Waals surface area contributed by atoms with Gasteiger partial charge in [0.05, 0.1) is 13.3 Å². The minimum Gasteiger partial charge on any atom is -0.493 e. The molecule has 102 valence electrons. The van der Waals surface area contributed by atoms with Gasteiger partial charge in [0.1, 0.15) is 5.75 Å². The van der Waals surface area contributed by atoms with Crippen molar-refractivity contribution >= 4 is 10.8 Å². The molecule has 0 radical (unpaired) electrons. The Morgan fingerprint density at radius 1 is 1.21 bits per heavy atom. The summed E-state index contributed by atoms with van der Waals surface area (Å²) in [5.41, 5.74) is 7.04. The first kappa shape index (κ1) is 13.8. The first-order valence-corrected chi connectivity index (χ1v) is 6.67. The maximum absolute atomic E-state index is 12.2. The van der Waals surface area contributed by atoms with E-state index in [1.165, 1.54) is 5.39 Å². The highest BCUT2D eigenvalue weighted by atomic mass is 19.1. The van der Waals surface area contributed by atoms with Crippen LogP contribution in [0, 0.1) is 0 Å². The molecule has 0 aliphatic heterocycles. The second-order valence-electron chi connectivity index (χ2n) is 4.84. The fourth-order valence-electron chi connectivity index (χ4n) is 2.22. The molecule has 2 N–H and O–H groups in total. The Morgan fingerprint density at radius 2 is 2.00 bits per heavy atom. The molecular formula is C16H20FNO. The Kier molecular flexibility index (Phi) is 4.74. The molecule has 1 atom stereocenters. The van der Waals surface area contributed by atoms with Gasteiger partial charge in [-0.3, -0.25) is 4.39 Å². The van der Waals surface area contributed by atoms with E-state index in [9.17, 15) is 4.39 Å². The van der Waals surface area contributed by atoms with E-state index >= 15 is 0 Å². The summed E-state index contributed by atoms with van der Waals surface area (Å²) in [4.78, 5) is 0. The van der Waals surface area contributed by atoms with Crippen molar-refractivity contribution in [3.63, 3.8) is 0 Å². The maximum Gasteiger partial charge on any atom is 0.123 e. The Bertz CT molecular complexity index is 539. The summed E-state index contributed by atoms with van der Waals surface area (Å²) in [5.74, 6) is 0.824. The zero-order valence-electron chi connectivity index (χ0n) is 11.2. The van der Waals surface area contributed by atoms with Gasteiger partial charge in [-0.2, -0.15) is 0 Å². The Balaban J connectivity index is 2.38. The molecule has 1 unspecified atom stereocenters. The topological polar surface area (TPSA) is 35.2 Å². The number of halogens is 1. The predicted octanol–water partition coefficient (Wildman–Crippen LogP) is 3.47. The molecule has 2 rings (SSSR count). The quantitative estimate of drug-likeness (QED) is 0.808. The van der Waals surface area contributed by atoms with Gasteiger partial charge < -0.3 is 10.5 Å². The van der Waals surface area contributed by atoms with E-state index in [1.54, 1.807) is 0 Å². The molecule has 2 aromatic carbocycles. The average molecular weight is 261 g/mol. The zero-order valence-corrected chi connectivity index (χ0v) is 11.2. The summed E-state index contributed by atoms with van der Waals surface area (Å²) in [6.45, 7) is 2.03. The lowest BCUT2D eigenvalue weighted by molar-refractivity contribution is 0.287. The highest BCUT2D eigenvalue weighted by Crippen LogP contribution is 2.29. The van der Waals surface area contributed by atoms with Gasteiger partial charge >= 0.3 is 0 Å². The molecule has 19 heavy (non-hydrogen) atoms. The molecule has 0 aliphatic rings. The highest BCUT2D eigenvalue weighted by Gasteiger charge is 2.10. The summed E-state index contributed by atoms with van der Waals surface area (Å²) in [5, 5.41) is 2.34. The molecule has 3 heteroatoms.